The molecule has 1 N–H and O–H groups in total. The van der Waals surface area contributed by atoms with Crippen LogP contribution in [0.15, 0.2) is 128 Å². The van der Waals surface area contributed by atoms with Crippen LogP contribution >= 0.6 is 0 Å². The quantitative estimate of drug-likeness (QED) is 0.257. The van der Waals surface area contributed by atoms with Gasteiger partial charge < -0.3 is 5.11 Å². The Hall–Kier alpha value is -5.55. The van der Waals surface area contributed by atoms with Gasteiger partial charge in [0.15, 0.2) is 5.82 Å². The highest BCUT2D eigenvalue weighted by molar-refractivity contribution is 6.11. The number of aromatic hydroxyl groups is 1. The SMILES string of the molecule is Oc1cc2ccccc2cc1-c1cccc(-c2ccc3c4ccccc4n(-c4nncc5ccccc45)c3c2)n1. The molecule has 0 spiro atoms. The van der Waals surface area contributed by atoms with Crippen LogP contribution in [0.3, 0.4) is 0 Å². The highest BCUT2D eigenvalue weighted by Crippen LogP contribution is 2.37. The number of para-hydroxylation sites is 1. The van der Waals surface area contributed by atoms with Crippen molar-refractivity contribution in [2.75, 3.05) is 0 Å². The Labute approximate surface area is 229 Å². The molecule has 5 heteroatoms. The van der Waals surface area contributed by atoms with Gasteiger partial charge in [-0.1, -0.05) is 84.9 Å². The molecule has 5 nitrogen and oxygen atoms in total. The van der Waals surface area contributed by atoms with Crippen molar-refractivity contribution in [2.45, 2.75) is 0 Å². The summed E-state index contributed by atoms with van der Waals surface area (Å²) >= 11 is 0. The van der Waals surface area contributed by atoms with E-state index >= 15 is 0 Å². The summed E-state index contributed by atoms with van der Waals surface area (Å²) in [6, 6.07) is 40.8. The number of hydrogen-bond acceptors (Lipinski definition) is 4. The smallest absolute Gasteiger partial charge is 0.168 e. The number of pyridine rings is 1. The Morgan fingerprint density at radius 2 is 1.25 bits per heavy atom. The molecule has 0 saturated carbocycles. The van der Waals surface area contributed by atoms with Crippen LogP contribution < -0.4 is 0 Å². The largest absolute Gasteiger partial charge is 0.507 e. The summed E-state index contributed by atoms with van der Waals surface area (Å²) in [5.41, 5.74) is 5.34. The monoisotopic (exact) mass is 514 g/mol. The summed E-state index contributed by atoms with van der Waals surface area (Å²) in [6.07, 6.45) is 1.80. The second kappa shape index (κ2) is 8.75. The van der Waals surface area contributed by atoms with E-state index in [1.807, 2.05) is 60.7 Å². The number of aromatic nitrogens is 4. The van der Waals surface area contributed by atoms with Gasteiger partial charge in [0.05, 0.1) is 28.6 Å². The van der Waals surface area contributed by atoms with Gasteiger partial charge in [0, 0.05) is 32.7 Å². The first-order chi connectivity index (χ1) is 19.7. The molecule has 0 atom stereocenters. The maximum Gasteiger partial charge on any atom is 0.168 e. The van der Waals surface area contributed by atoms with Crippen LogP contribution in [0.5, 0.6) is 5.75 Å². The Morgan fingerprint density at radius 1 is 0.550 bits per heavy atom. The fourth-order valence-corrected chi connectivity index (χ4v) is 5.72. The summed E-state index contributed by atoms with van der Waals surface area (Å²) in [7, 11) is 0. The van der Waals surface area contributed by atoms with Gasteiger partial charge in [-0.05, 0) is 47.2 Å². The number of fused-ring (bicyclic) bond motifs is 5. The first-order valence-electron chi connectivity index (χ1n) is 13.2. The molecule has 0 saturated heterocycles. The Morgan fingerprint density at radius 3 is 2.12 bits per heavy atom. The van der Waals surface area contributed by atoms with Crippen molar-refractivity contribution >= 4 is 43.4 Å². The Kier molecular flexibility index (Phi) is 4.91. The molecule has 0 aliphatic carbocycles. The van der Waals surface area contributed by atoms with Gasteiger partial charge in [0.25, 0.3) is 0 Å². The van der Waals surface area contributed by atoms with Crippen LogP contribution in [-0.2, 0) is 0 Å². The number of benzene rings is 5. The van der Waals surface area contributed by atoms with Crippen LogP contribution in [0.2, 0.25) is 0 Å². The molecule has 8 rings (SSSR count). The second-order valence-corrected chi connectivity index (χ2v) is 9.96. The minimum atomic E-state index is 0.216. The molecule has 0 aliphatic heterocycles. The van der Waals surface area contributed by atoms with Gasteiger partial charge in [0.1, 0.15) is 5.75 Å². The fourth-order valence-electron chi connectivity index (χ4n) is 5.72. The molecule has 188 valence electrons. The van der Waals surface area contributed by atoms with Crippen molar-refractivity contribution in [3.05, 3.63) is 128 Å². The fraction of sp³-hybridized carbons (Fsp3) is 0. The normalized spacial score (nSPS) is 11.6. The minimum absolute atomic E-state index is 0.216. The molecule has 0 radical (unpaired) electrons. The summed E-state index contributed by atoms with van der Waals surface area (Å²) in [5, 5.41) is 26.2. The van der Waals surface area contributed by atoms with E-state index in [0.717, 1.165) is 66.1 Å². The summed E-state index contributed by atoms with van der Waals surface area (Å²) < 4.78 is 2.20. The number of phenolic OH excluding ortho intramolecular Hbond substituents is 1. The van der Waals surface area contributed by atoms with Crippen LogP contribution in [0.1, 0.15) is 0 Å². The van der Waals surface area contributed by atoms with Gasteiger partial charge in [-0.15, -0.1) is 5.10 Å². The third-order valence-electron chi connectivity index (χ3n) is 7.62. The van der Waals surface area contributed by atoms with Crippen molar-refractivity contribution in [3.8, 4) is 34.1 Å². The van der Waals surface area contributed by atoms with Gasteiger partial charge in [-0.3, -0.25) is 4.57 Å². The van der Waals surface area contributed by atoms with E-state index in [2.05, 4.69) is 69.4 Å². The zero-order valence-corrected chi connectivity index (χ0v) is 21.4. The predicted octanol–water partition coefficient (Wildman–Crippen LogP) is 8.31. The van der Waals surface area contributed by atoms with E-state index in [0.29, 0.717) is 5.56 Å². The molecule has 0 aliphatic rings. The molecule has 5 aromatic carbocycles. The predicted molar refractivity (Wildman–Crippen MR) is 162 cm³/mol. The Balaban J connectivity index is 1.34. The van der Waals surface area contributed by atoms with Gasteiger partial charge in [0.2, 0.25) is 0 Å². The van der Waals surface area contributed by atoms with Gasteiger partial charge in [-0.25, -0.2) is 4.98 Å². The first-order valence-corrected chi connectivity index (χ1v) is 13.2. The van der Waals surface area contributed by atoms with Crippen LogP contribution in [-0.4, -0.2) is 24.9 Å². The molecule has 3 heterocycles. The van der Waals surface area contributed by atoms with Gasteiger partial charge in [-0.2, -0.15) is 5.10 Å². The third kappa shape index (κ3) is 3.45. The highest BCUT2D eigenvalue weighted by atomic mass is 16.3. The average molecular weight is 515 g/mol. The minimum Gasteiger partial charge on any atom is -0.507 e. The lowest BCUT2D eigenvalue weighted by Crippen LogP contribution is -2.00. The van der Waals surface area contributed by atoms with Crippen molar-refractivity contribution < 1.29 is 5.11 Å². The van der Waals surface area contributed by atoms with Gasteiger partial charge >= 0.3 is 0 Å². The van der Waals surface area contributed by atoms with Crippen LogP contribution in [0.25, 0.3) is 71.7 Å². The molecule has 3 aromatic heterocycles. The zero-order valence-electron chi connectivity index (χ0n) is 21.4. The van der Waals surface area contributed by atoms with Crippen LogP contribution in [0.4, 0.5) is 0 Å². The average Bonchev–Trinajstić information content (AvgIpc) is 3.34. The van der Waals surface area contributed by atoms with Crippen molar-refractivity contribution in [1.82, 2.24) is 19.7 Å². The molecule has 0 fully saturated rings. The lowest BCUT2D eigenvalue weighted by Gasteiger charge is -2.11. The second-order valence-electron chi connectivity index (χ2n) is 9.96. The molecule has 0 amide bonds. The van der Waals surface area contributed by atoms with E-state index in [4.69, 9.17) is 4.98 Å². The van der Waals surface area contributed by atoms with E-state index in [1.165, 1.54) is 0 Å². The van der Waals surface area contributed by atoms with Crippen molar-refractivity contribution in [1.29, 1.82) is 0 Å². The Bertz CT molecular complexity index is 2240. The molecule has 40 heavy (non-hydrogen) atoms. The number of rotatable bonds is 3. The lowest BCUT2D eigenvalue weighted by atomic mass is 10.0. The number of hydrogen-bond donors (Lipinski definition) is 1. The van der Waals surface area contributed by atoms with Crippen molar-refractivity contribution in [3.63, 3.8) is 0 Å². The first kappa shape index (κ1) is 22.4. The molecule has 0 bridgehead atoms. The molecule has 0 unspecified atom stereocenters. The number of nitrogens with zero attached hydrogens (tertiary/aromatic N) is 4. The standard InChI is InChI=1S/C35H22N4O/c40-34-20-23-9-2-1-8-22(23)18-29(34)31-14-7-13-30(37-31)24-16-17-28-27-12-5-6-15-32(27)39(33(28)19-24)35-26-11-4-3-10-25(26)21-36-38-35/h1-21,40H. The maximum atomic E-state index is 10.8. The maximum absolute atomic E-state index is 10.8. The van der Waals surface area contributed by atoms with Crippen molar-refractivity contribution in [2.24, 2.45) is 0 Å². The summed E-state index contributed by atoms with van der Waals surface area (Å²) in [4.78, 5) is 5.00. The molecule has 8 aromatic rings. The third-order valence-corrected chi connectivity index (χ3v) is 7.62. The molecular weight excluding hydrogens is 492 g/mol. The van der Waals surface area contributed by atoms with Crippen LogP contribution in [0, 0.1) is 0 Å². The van der Waals surface area contributed by atoms with E-state index < -0.39 is 0 Å². The van der Waals surface area contributed by atoms with E-state index in [9.17, 15) is 5.11 Å². The zero-order chi connectivity index (χ0) is 26.6. The topological polar surface area (TPSA) is 63.8 Å². The lowest BCUT2D eigenvalue weighted by molar-refractivity contribution is 0.478. The van der Waals surface area contributed by atoms with E-state index in [-0.39, 0.29) is 5.75 Å². The van der Waals surface area contributed by atoms with E-state index in [1.54, 1.807) is 12.3 Å². The molecular formula is C35H22N4O. The summed E-state index contributed by atoms with van der Waals surface area (Å²) in [5.74, 6) is 1.01. The highest BCUT2D eigenvalue weighted by Gasteiger charge is 2.17. The summed E-state index contributed by atoms with van der Waals surface area (Å²) in [6.45, 7) is 0. The number of phenols is 1.